The quantitative estimate of drug-likeness (QED) is 0.436. The zero-order valence-corrected chi connectivity index (χ0v) is 17.5. The number of fused-ring (bicyclic) bond motifs is 1. The van der Waals surface area contributed by atoms with Crippen LogP contribution in [0.25, 0.3) is 22.0 Å². The molecule has 0 aliphatic carbocycles. The molecule has 0 fully saturated rings. The Morgan fingerprint density at radius 2 is 2.07 bits per heavy atom. The van der Waals surface area contributed by atoms with Crippen LogP contribution in [0.2, 0.25) is 0 Å². The number of hydrogen-bond donors (Lipinski definition) is 2. The second-order valence-electron chi connectivity index (χ2n) is 7.18. The molecule has 2 N–H and O–H groups in total. The van der Waals surface area contributed by atoms with Gasteiger partial charge in [0, 0.05) is 29.9 Å². The molecule has 3 aromatic rings. The number of ether oxygens (including phenoxy) is 1. The smallest absolute Gasteiger partial charge is 0.264 e. The molecule has 0 aliphatic rings. The van der Waals surface area contributed by atoms with Gasteiger partial charge in [-0.05, 0) is 37.1 Å². The van der Waals surface area contributed by atoms with Crippen LogP contribution in [0.3, 0.4) is 0 Å². The predicted octanol–water partition coefficient (Wildman–Crippen LogP) is 2.55. The van der Waals surface area contributed by atoms with Crippen molar-refractivity contribution < 1.29 is 27.5 Å². The first-order chi connectivity index (χ1) is 14.1. The molecule has 3 rings (SSSR count). The molecular formula is C20H22FN3O5S. The third-order valence-electron chi connectivity index (χ3n) is 5.26. The highest BCUT2D eigenvalue weighted by molar-refractivity contribution is 7.92. The van der Waals surface area contributed by atoms with Gasteiger partial charge < -0.3 is 4.74 Å². The predicted molar refractivity (Wildman–Crippen MR) is 109 cm³/mol. The van der Waals surface area contributed by atoms with Crippen LogP contribution < -0.4 is 10.2 Å². The number of benzene rings is 2. The highest BCUT2D eigenvalue weighted by Gasteiger charge is 2.43. The molecular weight excluding hydrogens is 413 g/mol. The Bertz CT molecular complexity index is 1210. The molecule has 1 amide bonds. The Hall–Kier alpha value is -2.98. The molecule has 160 valence electrons. The Morgan fingerprint density at radius 1 is 1.33 bits per heavy atom. The van der Waals surface area contributed by atoms with E-state index in [0.717, 1.165) is 11.6 Å². The second kappa shape index (κ2) is 8.04. The van der Waals surface area contributed by atoms with Crippen LogP contribution in [0.1, 0.15) is 13.3 Å². The molecule has 0 bridgehead atoms. The molecule has 0 saturated carbocycles. The molecule has 1 heterocycles. The van der Waals surface area contributed by atoms with E-state index in [4.69, 9.17) is 9.94 Å². The summed E-state index contributed by atoms with van der Waals surface area (Å²) in [4.78, 5) is 11.9. The summed E-state index contributed by atoms with van der Waals surface area (Å²) in [5.41, 5.74) is 3.08. The zero-order valence-electron chi connectivity index (χ0n) is 16.7. The Kier molecular flexibility index (Phi) is 5.82. The van der Waals surface area contributed by atoms with E-state index < -0.39 is 26.3 Å². The van der Waals surface area contributed by atoms with Crippen LogP contribution in [-0.2, 0) is 21.2 Å². The number of halogens is 1. The van der Waals surface area contributed by atoms with Crippen molar-refractivity contribution in [2.24, 2.45) is 0 Å². The molecule has 0 spiro atoms. The van der Waals surface area contributed by atoms with Gasteiger partial charge in [-0.3, -0.25) is 14.7 Å². The van der Waals surface area contributed by atoms with Gasteiger partial charge >= 0.3 is 0 Å². The van der Waals surface area contributed by atoms with Gasteiger partial charge in [0.15, 0.2) is 26.2 Å². The first-order valence-electron chi connectivity index (χ1n) is 9.05. The number of rotatable bonds is 7. The minimum atomic E-state index is -3.80. The van der Waals surface area contributed by atoms with Crippen LogP contribution >= 0.6 is 0 Å². The van der Waals surface area contributed by atoms with E-state index in [-0.39, 0.29) is 18.7 Å². The van der Waals surface area contributed by atoms with Crippen LogP contribution in [0.15, 0.2) is 42.6 Å². The molecule has 30 heavy (non-hydrogen) atoms. The molecule has 1 atom stereocenters. The summed E-state index contributed by atoms with van der Waals surface area (Å²) in [6.45, 7) is 1.37. The molecule has 0 aliphatic heterocycles. The molecule has 10 heteroatoms. The van der Waals surface area contributed by atoms with Crippen molar-refractivity contribution in [3.8, 4) is 16.9 Å². The van der Waals surface area contributed by atoms with Gasteiger partial charge in [0.2, 0.25) is 0 Å². The number of hydrogen-bond acceptors (Lipinski definition) is 6. The minimum Gasteiger partial charge on any atom is -0.494 e. The molecule has 2 aromatic carbocycles. The third kappa shape index (κ3) is 3.88. The lowest BCUT2D eigenvalue weighted by Crippen LogP contribution is -2.49. The Balaban J connectivity index is 1.91. The van der Waals surface area contributed by atoms with Crippen molar-refractivity contribution in [3.63, 3.8) is 0 Å². The van der Waals surface area contributed by atoms with Gasteiger partial charge in [0.25, 0.3) is 5.91 Å². The van der Waals surface area contributed by atoms with Gasteiger partial charge in [-0.25, -0.2) is 18.3 Å². The lowest BCUT2D eigenvalue weighted by atomic mass is 10.0. The largest absolute Gasteiger partial charge is 0.494 e. The number of amides is 1. The van der Waals surface area contributed by atoms with Crippen LogP contribution in [0, 0.1) is 5.82 Å². The van der Waals surface area contributed by atoms with Crippen molar-refractivity contribution >= 4 is 26.6 Å². The monoisotopic (exact) mass is 435 g/mol. The van der Waals surface area contributed by atoms with Crippen molar-refractivity contribution in [2.45, 2.75) is 24.6 Å². The van der Waals surface area contributed by atoms with E-state index in [9.17, 15) is 17.6 Å². The van der Waals surface area contributed by atoms with E-state index in [1.165, 1.54) is 30.3 Å². The van der Waals surface area contributed by atoms with Gasteiger partial charge in [-0.15, -0.1) is 0 Å². The summed E-state index contributed by atoms with van der Waals surface area (Å²) in [6.07, 6.45) is 2.54. The van der Waals surface area contributed by atoms with Gasteiger partial charge in [-0.1, -0.05) is 18.2 Å². The van der Waals surface area contributed by atoms with Crippen LogP contribution in [0.4, 0.5) is 4.39 Å². The standard InChI is InChI=1S/C20H22FN3O5S/c1-20(19(25)23-26,30(3,27)28)9-10-24-12-14-11-13(7-8-16(14)22-24)15-5-4-6-17(29-2)18(15)21/h4-8,11-12,26H,9-10H2,1-3H3,(H,23,25). The topological polar surface area (TPSA) is 111 Å². The van der Waals surface area contributed by atoms with Gasteiger partial charge in [0.1, 0.15) is 0 Å². The average molecular weight is 435 g/mol. The first-order valence-corrected chi connectivity index (χ1v) is 10.9. The number of sulfone groups is 1. The summed E-state index contributed by atoms with van der Waals surface area (Å²) in [5.74, 6) is -1.33. The molecule has 1 aromatic heterocycles. The normalized spacial score (nSPS) is 13.8. The van der Waals surface area contributed by atoms with E-state index in [1.807, 2.05) is 0 Å². The third-order valence-corrected chi connectivity index (χ3v) is 7.29. The number of carbonyl (C=O) groups excluding carboxylic acids is 1. The number of nitrogens with zero attached hydrogens (tertiary/aromatic N) is 2. The molecule has 0 saturated heterocycles. The maximum atomic E-state index is 14.6. The summed E-state index contributed by atoms with van der Waals surface area (Å²) < 4.78 is 43.5. The fraction of sp³-hybridized carbons (Fsp3) is 0.300. The van der Waals surface area contributed by atoms with Crippen molar-refractivity contribution in [2.75, 3.05) is 13.4 Å². The molecule has 8 nitrogen and oxygen atoms in total. The van der Waals surface area contributed by atoms with E-state index >= 15 is 0 Å². The van der Waals surface area contributed by atoms with Crippen molar-refractivity contribution in [1.82, 2.24) is 15.3 Å². The van der Waals surface area contributed by atoms with Gasteiger partial charge in [-0.2, -0.15) is 5.10 Å². The lowest BCUT2D eigenvalue weighted by molar-refractivity contribution is -0.131. The number of hydroxylamine groups is 1. The highest BCUT2D eigenvalue weighted by Crippen LogP contribution is 2.31. The molecule has 0 radical (unpaired) electrons. The zero-order chi connectivity index (χ0) is 22.1. The van der Waals surface area contributed by atoms with E-state index in [2.05, 4.69) is 5.10 Å². The number of methoxy groups -OCH3 is 1. The van der Waals surface area contributed by atoms with Gasteiger partial charge in [0.05, 0.1) is 12.6 Å². The Morgan fingerprint density at radius 3 is 2.70 bits per heavy atom. The Labute approximate surface area is 173 Å². The van der Waals surface area contributed by atoms with E-state index in [1.54, 1.807) is 36.5 Å². The van der Waals surface area contributed by atoms with E-state index in [0.29, 0.717) is 16.6 Å². The average Bonchev–Trinajstić information content (AvgIpc) is 3.12. The maximum Gasteiger partial charge on any atom is 0.264 e. The SMILES string of the molecule is COc1cccc(-c2ccc3nn(CCC(C)(C(=O)NO)S(C)(=O)=O)cc3c2)c1F. The highest BCUT2D eigenvalue weighted by atomic mass is 32.2. The summed E-state index contributed by atoms with van der Waals surface area (Å²) in [6, 6.07) is 10.1. The van der Waals surface area contributed by atoms with Crippen molar-refractivity contribution in [3.05, 3.63) is 48.4 Å². The number of carbonyl (C=O) groups is 1. The number of nitrogens with one attached hydrogen (secondary N) is 1. The first kappa shape index (κ1) is 21.7. The van der Waals surface area contributed by atoms with Crippen molar-refractivity contribution in [1.29, 1.82) is 0 Å². The second-order valence-corrected chi connectivity index (χ2v) is 9.63. The fourth-order valence-corrected chi connectivity index (χ4v) is 4.01. The maximum absolute atomic E-state index is 14.6. The number of aromatic nitrogens is 2. The number of aryl methyl sites for hydroxylation is 1. The molecule has 1 unspecified atom stereocenters. The van der Waals surface area contributed by atoms with Crippen LogP contribution in [0.5, 0.6) is 5.75 Å². The van der Waals surface area contributed by atoms with Crippen LogP contribution in [-0.4, -0.2) is 47.4 Å². The summed E-state index contributed by atoms with van der Waals surface area (Å²) >= 11 is 0. The summed E-state index contributed by atoms with van der Waals surface area (Å²) in [5, 5.41) is 14.0. The minimum absolute atomic E-state index is 0.0937. The lowest BCUT2D eigenvalue weighted by Gasteiger charge is -2.24. The fourth-order valence-electron chi connectivity index (χ4n) is 3.16. The summed E-state index contributed by atoms with van der Waals surface area (Å²) in [7, 11) is -2.40.